The van der Waals surface area contributed by atoms with E-state index in [9.17, 15) is 22.8 Å². The van der Waals surface area contributed by atoms with Crippen molar-refractivity contribution in [1.29, 1.82) is 0 Å². The van der Waals surface area contributed by atoms with Crippen molar-refractivity contribution in [3.8, 4) is 22.8 Å². The van der Waals surface area contributed by atoms with Gasteiger partial charge in [-0.1, -0.05) is 85.7 Å². The van der Waals surface area contributed by atoms with E-state index in [1.807, 2.05) is 91.0 Å². The van der Waals surface area contributed by atoms with E-state index >= 15 is 0 Å². The molecule has 4 aromatic rings. The molecule has 11 heteroatoms. The lowest BCUT2D eigenvalue weighted by atomic mass is 9.89. The Hall–Kier alpha value is -5.29. The Morgan fingerprint density at radius 1 is 0.983 bits per heavy atom. The van der Waals surface area contributed by atoms with E-state index in [1.165, 1.54) is 0 Å². The fraction of sp³-hybridized carbons (Fsp3) is 0.404. The highest BCUT2D eigenvalue weighted by atomic mass is 32.2. The molecule has 2 heterocycles. The van der Waals surface area contributed by atoms with E-state index in [4.69, 9.17) is 14.5 Å². The molecule has 0 radical (unpaired) electrons. The highest BCUT2D eigenvalue weighted by Gasteiger charge is 2.61. The number of unbranched alkanes of at least 4 members (excludes halogenated alkanes) is 3. The third kappa shape index (κ3) is 9.20. The van der Waals surface area contributed by atoms with Crippen LogP contribution >= 0.6 is 0 Å². The number of rotatable bonds is 20. The molecule has 0 bridgehead atoms. The Bertz CT molecular complexity index is 2260. The largest absolute Gasteiger partial charge is 0.497 e. The number of allylic oxidation sites excluding steroid dienone is 2. The Kier molecular flexibility index (Phi) is 12.5. The van der Waals surface area contributed by atoms with Gasteiger partial charge in [0.05, 0.1) is 41.6 Å². The summed E-state index contributed by atoms with van der Waals surface area (Å²) >= 11 is 0. The first-order valence-corrected chi connectivity index (χ1v) is 22.0. The van der Waals surface area contributed by atoms with Crippen molar-refractivity contribution < 1.29 is 32.3 Å². The van der Waals surface area contributed by atoms with E-state index in [0.29, 0.717) is 54.8 Å². The van der Waals surface area contributed by atoms with Crippen molar-refractivity contribution in [3.63, 3.8) is 0 Å². The predicted octanol–water partition coefficient (Wildman–Crippen LogP) is 8.01. The summed E-state index contributed by atoms with van der Waals surface area (Å²) in [5, 5.41) is 0.172. The average Bonchev–Trinajstić information content (AvgIpc) is 4.17. The molecular formula is C47H53N3O7S. The second kappa shape index (κ2) is 17.7. The molecule has 2 amide bonds. The molecule has 7 rings (SSSR count). The number of carbonyl (C=O) groups is 3. The molecule has 1 N–H and O–H groups in total. The van der Waals surface area contributed by atoms with E-state index in [2.05, 4.69) is 17.9 Å². The first-order chi connectivity index (χ1) is 28.0. The van der Waals surface area contributed by atoms with Crippen molar-refractivity contribution in [2.75, 3.05) is 13.7 Å². The monoisotopic (exact) mass is 803 g/mol. The molecule has 304 valence electrons. The number of aromatic nitrogens is 1. The third-order valence-electron chi connectivity index (χ3n) is 12.0. The minimum atomic E-state index is -3.83. The normalized spacial score (nSPS) is 21.9. The topological polar surface area (TPSA) is 132 Å². The highest BCUT2D eigenvalue weighted by Crippen LogP contribution is 2.57. The summed E-state index contributed by atoms with van der Waals surface area (Å²) in [6.07, 6.45) is 9.14. The maximum Gasteiger partial charge on any atom is 0.240 e. The fourth-order valence-corrected chi connectivity index (χ4v) is 9.76. The van der Waals surface area contributed by atoms with Crippen molar-refractivity contribution in [2.45, 2.75) is 88.0 Å². The molecule has 1 aromatic heterocycles. The smallest absolute Gasteiger partial charge is 0.240 e. The number of nitrogens with zero attached hydrogens (tertiary/aromatic N) is 2. The third-order valence-corrected chi connectivity index (χ3v) is 13.8. The lowest BCUT2D eigenvalue weighted by Gasteiger charge is -2.29. The number of carbonyl (C=O) groups excluding carboxylic acids is 3. The molecule has 58 heavy (non-hydrogen) atoms. The molecule has 1 saturated heterocycles. The number of hydrogen-bond acceptors (Lipinski definition) is 8. The van der Waals surface area contributed by atoms with Crippen molar-refractivity contribution in [1.82, 2.24) is 14.6 Å². The Morgan fingerprint density at radius 3 is 2.40 bits per heavy atom. The quantitative estimate of drug-likeness (QED) is 0.0703. The number of sulfonamides is 1. The van der Waals surface area contributed by atoms with Crippen LogP contribution in [0.4, 0.5) is 0 Å². The zero-order chi connectivity index (χ0) is 40.9. The Labute approximate surface area is 341 Å². The molecule has 3 fully saturated rings. The summed E-state index contributed by atoms with van der Waals surface area (Å²) < 4.78 is 40.4. The predicted molar refractivity (Wildman–Crippen MR) is 226 cm³/mol. The van der Waals surface area contributed by atoms with E-state index in [0.717, 1.165) is 42.2 Å². The number of likely N-dealkylation sites (tertiary alicyclic amines) is 1. The van der Waals surface area contributed by atoms with Crippen LogP contribution in [-0.2, 0) is 30.8 Å². The SMILES string of the molecule is C=CCCCCC[C@H](Cc1ccccc1)C(=O)N1C[C@H](Oc2cc(-c3ccccc3)nc3cc(OC)ccc23)C[C@H]1C(=O)C[C@]1(C(=O)NS(=O)(=O)C2CC2)C[C@H]1C=C. The number of nitrogens with one attached hydrogen (secondary N) is 1. The van der Waals surface area contributed by atoms with Crippen LogP contribution < -0.4 is 14.2 Å². The van der Waals surface area contributed by atoms with Gasteiger partial charge < -0.3 is 14.4 Å². The van der Waals surface area contributed by atoms with Crippen LogP contribution in [0.1, 0.15) is 69.8 Å². The minimum Gasteiger partial charge on any atom is -0.497 e. The van der Waals surface area contributed by atoms with Crippen LogP contribution in [0.5, 0.6) is 11.5 Å². The van der Waals surface area contributed by atoms with Crippen LogP contribution in [0, 0.1) is 17.3 Å². The van der Waals surface area contributed by atoms with Crippen molar-refractivity contribution >= 4 is 38.5 Å². The summed E-state index contributed by atoms with van der Waals surface area (Å²) in [6, 6.07) is 26.3. The minimum absolute atomic E-state index is 0.128. The van der Waals surface area contributed by atoms with Gasteiger partial charge in [0, 0.05) is 41.8 Å². The van der Waals surface area contributed by atoms with Gasteiger partial charge in [0.15, 0.2) is 5.78 Å². The van der Waals surface area contributed by atoms with Gasteiger partial charge in [-0.2, -0.15) is 0 Å². The van der Waals surface area contributed by atoms with Crippen LogP contribution in [-0.4, -0.2) is 66.9 Å². The number of pyridine rings is 1. The van der Waals surface area contributed by atoms with Gasteiger partial charge in [0.25, 0.3) is 0 Å². The molecule has 3 aliphatic rings. The molecule has 5 atom stereocenters. The number of benzene rings is 3. The highest BCUT2D eigenvalue weighted by molar-refractivity contribution is 7.90. The molecule has 2 aliphatic carbocycles. The number of hydrogen-bond donors (Lipinski definition) is 1. The van der Waals surface area contributed by atoms with Crippen molar-refractivity contribution in [3.05, 3.63) is 116 Å². The second-order valence-electron chi connectivity index (χ2n) is 16.1. The van der Waals surface area contributed by atoms with Crippen LogP contribution in [0.3, 0.4) is 0 Å². The number of methoxy groups -OCH3 is 1. The molecule has 0 spiro atoms. The van der Waals surface area contributed by atoms with E-state index in [-0.39, 0.29) is 42.9 Å². The maximum atomic E-state index is 14.9. The molecule has 10 nitrogen and oxygen atoms in total. The lowest BCUT2D eigenvalue weighted by molar-refractivity contribution is -0.142. The van der Waals surface area contributed by atoms with Crippen molar-refractivity contribution in [2.24, 2.45) is 17.3 Å². The van der Waals surface area contributed by atoms with Crippen LogP contribution in [0.25, 0.3) is 22.2 Å². The number of amides is 2. The Morgan fingerprint density at radius 2 is 1.72 bits per heavy atom. The zero-order valence-electron chi connectivity index (χ0n) is 33.2. The maximum absolute atomic E-state index is 14.9. The number of Topliss-reactive ketones (excluding diaryl/α,β-unsaturated/α-hetero) is 1. The summed E-state index contributed by atoms with van der Waals surface area (Å²) in [4.78, 5) is 49.9. The molecule has 3 aromatic carbocycles. The van der Waals surface area contributed by atoms with Gasteiger partial charge >= 0.3 is 0 Å². The van der Waals surface area contributed by atoms with Gasteiger partial charge in [0.2, 0.25) is 21.8 Å². The fourth-order valence-electron chi connectivity index (χ4n) is 8.38. The van der Waals surface area contributed by atoms with Gasteiger partial charge in [0.1, 0.15) is 17.6 Å². The second-order valence-corrected chi connectivity index (χ2v) is 18.0. The van der Waals surface area contributed by atoms with Gasteiger partial charge in [-0.3, -0.25) is 19.1 Å². The zero-order valence-corrected chi connectivity index (χ0v) is 34.0. The van der Waals surface area contributed by atoms with E-state index < -0.39 is 38.7 Å². The summed E-state index contributed by atoms with van der Waals surface area (Å²) in [7, 11) is -2.23. The van der Waals surface area contributed by atoms with E-state index in [1.54, 1.807) is 18.1 Å². The molecular weight excluding hydrogens is 751 g/mol. The van der Waals surface area contributed by atoms with Gasteiger partial charge in [-0.05, 0) is 68.6 Å². The lowest BCUT2D eigenvalue weighted by Crippen LogP contribution is -2.46. The van der Waals surface area contributed by atoms with Gasteiger partial charge in [-0.25, -0.2) is 13.4 Å². The first kappa shape index (κ1) is 40.9. The summed E-state index contributed by atoms with van der Waals surface area (Å²) in [5.74, 6) is -0.624. The Balaban J connectivity index is 1.20. The molecule has 1 aliphatic heterocycles. The summed E-state index contributed by atoms with van der Waals surface area (Å²) in [5.41, 5.74) is 2.07. The number of fused-ring (bicyclic) bond motifs is 1. The molecule has 0 unspecified atom stereocenters. The first-order valence-electron chi connectivity index (χ1n) is 20.4. The number of ether oxygens (including phenoxy) is 2. The van der Waals surface area contributed by atoms with Crippen LogP contribution in [0.15, 0.2) is 110 Å². The average molecular weight is 804 g/mol. The standard InChI is InChI=1S/C47H53N3O7S/c1-4-6-7-8-13-20-34(25-32-16-11-9-12-17-32)45(52)50-31-37(27-42(50)43(51)30-47(29-35(47)5-2)46(53)49-58(54,55)38-22-23-38)57-44-28-40(33-18-14-10-15-19-33)48-41-26-36(56-3)21-24-39(41)44/h4-5,9-12,14-19,21,24,26,28,34-35,37-38,42H,1-2,6-8,13,20,22-23,25,27,29-31H2,3H3,(H,49,53)/t34-,35-,37-,42+,47-/m1/s1. The summed E-state index contributed by atoms with van der Waals surface area (Å²) in [6.45, 7) is 7.89. The van der Waals surface area contributed by atoms with Gasteiger partial charge in [-0.15, -0.1) is 13.2 Å². The molecule has 2 saturated carbocycles. The number of ketones is 1. The van der Waals surface area contributed by atoms with Crippen LogP contribution in [0.2, 0.25) is 0 Å².